The summed E-state index contributed by atoms with van der Waals surface area (Å²) >= 11 is 0. The first kappa shape index (κ1) is 15.2. The van der Waals surface area contributed by atoms with Gasteiger partial charge in [-0.3, -0.25) is 4.79 Å². The van der Waals surface area contributed by atoms with Crippen molar-refractivity contribution in [1.82, 2.24) is 0 Å². The van der Waals surface area contributed by atoms with Gasteiger partial charge in [-0.05, 0) is 50.5 Å². The van der Waals surface area contributed by atoms with Gasteiger partial charge in [0.05, 0.1) is 0 Å². The number of carbonyl (C=O) groups excluding carboxylic acids is 1. The van der Waals surface area contributed by atoms with Crippen LogP contribution in [0.15, 0.2) is 23.8 Å². The fourth-order valence-corrected chi connectivity index (χ4v) is 2.18. The molecule has 0 amide bonds. The third-order valence-electron chi connectivity index (χ3n) is 3.38. The summed E-state index contributed by atoms with van der Waals surface area (Å²) in [7, 11) is 0. The van der Waals surface area contributed by atoms with Crippen molar-refractivity contribution in [3.63, 3.8) is 0 Å². The molecule has 0 rings (SSSR count). The first-order valence-corrected chi connectivity index (χ1v) is 6.27. The maximum Gasteiger partial charge on any atom is 0.155 e. The van der Waals surface area contributed by atoms with Crippen molar-refractivity contribution in [2.24, 2.45) is 5.41 Å². The molecule has 0 unspecified atom stereocenters. The number of Topliss-reactive ketones (excluding diaryl/α,β-unsaturated/α-hetero) is 1. The third-order valence-corrected chi connectivity index (χ3v) is 3.38. The molecule has 0 spiro atoms. The standard InChI is InChI=1S/C15H26O/c1-7-14(13(6)16)11-15(8-2,9-3)10-12(4)5/h11H,4,7-10H2,1-3,5-6H3/b14-11+. The monoisotopic (exact) mass is 222 g/mol. The van der Waals surface area contributed by atoms with Crippen LogP contribution in [0.1, 0.15) is 60.3 Å². The normalized spacial score (nSPS) is 12.7. The highest BCUT2D eigenvalue weighted by atomic mass is 16.1. The van der Waals surface area contributed by atoms with Crippen LogP contribution in [-0.4, -0.2) is 5.78 Å². The Morgan fingerprint density at radius 3 is 1.94 bits per heavy atom. The summed E-state index contributed by atoms with van der Waals surface area (Å²) < 4.78 is 0. The van der Waals surface area contributed by atoms with Gasteiger partial charge in [0.25, 0.3) is 0 Å². The van der Waals surface area contributed by atoms with Crippen LogP contribution < -0.4 is 0 Å². The maximum absolute atomic E-state index is 11.5. The number of rotatable bonds is 7. The zero-order chi connectivity index (χ0) is 12.8. The van der Waals surface area contributed by atoms with Gasteiger partial charge in [0.15, 0.2) is 5.78 Å². The Morgan fingerprint density at radius 1 is 1.19 bits per heavy atom. The molecule has 0 fully saturated rings. The molecule has 0 saturated carbocycles. The second-order valence-corrected chi connectivity index (χ2v) is 4.78. The van der Waals surface area contributed by atoms with E-state index in [2.05, 4.69) is 33.4 Å². The van der Waals surface area contributed by atoms with Gasteiger partial charge in [-0.2, -0.15) is 0 Å². The van der Waals surface area contributed by atoms with Crippen LogP contribution >= 0.6 is 0 Å². The van der Waals surface area contributed by atoms with Gasteiger partial charge >= 0.3 is 0 Å². The molecule has 1 heteroatoms. The lowest BCUT2D eigenvalue weighted by Gasteiger charge is -2.29. The van der Waals surface area contributed by atoms with E-state index in [1.54, 1.807) is 6.92 Å². The quantitative estimate of drug-likeness (QED) is 0.451. The lowest BCUT2D eigenvalue weighted by Crippen LogP contribution is -2.18. The minimum Gasteiger partial charge on any atom is -0.295 e. The third kappa shape index (κ3) is 4.34. The molecular formula is C15H26O. The van der Waals surface area contributed by atoms with E-state index in [9.17, 15) is 4.79 Å². The largest absolute Gasteiger partial charge is 0.295 e. The smallest absolute Gasteiger partial charge is 0.155 e. The Labute approximate surface area is 101 Å². The van der Waals surface area contributed by atoms with Gasteiger partial charge in [0.1, 0.15) is 0 Å². The molecule has 0 saturated heterocycles. The van der Waals surface area contributed by atoms with Crippen molar-refractivity contribution in [2.45, 2.75) is 60.3 Å². The summed E-state index contributed by atoms with van der Waals surface area (Å²) in [5.74, 6) is 0.204. The first-order chi connectivity index (χ1) is 7.40. The van der Waals surface area contributed by atoms with Gasteiger partial charge in [0.2, 0.25) is 0 Å². The fraction of sp³-hybridized carbons (Fsp3) is 0.667. The van der Waals surface area contributed by atoms with E-state index in [0.29, 0.717) is 0 Å². The lowest BCUT2D eigenvalue weighted by molar-refractivity contribution is -0.113. The molecule has 0 aliphatic carbocycles. The zero-order valence-electron chi connectivity index (χ0n) is 11.5. The van der Waals surface area contributed by atoms with Gasteiger partial charge in [-0.1, -0.05) is 32.4 Å². The predicted molar refractivity (Wildman–Crippen MR) is 71.5 cm³/mol. The van der Waals surface area contributed by atoms with Crippen LogP contribution in [0.3, 0.4) is 0 Å². The number of allylic oxidation sites excluding steroid dienone is 3. The molecule has 0 N–H and O–H groups in total. The molecule has 0 aromatic rings. The Morgan fingerprint density at radius 2 is 1.69 bits per heavy atom. The Kier molecular flexibility index (Phi) is 6.32. The van der Waals surface area contributed by atoms with Crippen LogP contribution in [0.2, 0.25) is 0 Å². The molecular weight excluding hydrogens is 196 g/mol. The molecule has 0 aliphatic rings. The van der Waals surface area contributed by atoms with Crippen molar-refractivity contribution in [3.05, 3.63) is 23.8 Å². The zero-order valence-corrected chi connectivity index (χ0v) is 11.5. The van der Waals surface area contributed by atoms with Gasteiger partial charge in [0, 0.05) is 0 Å². The van der Waals surface area contributed by atoms with Crippen molar-refractivity contribution >= 4 is 5.78 Å². The average molecular weight is 222 g/mol. The molecule has 0 heterocycles. The van der Waals surface area contributed by atoms with Crippen molar-refractivity contribution in [3.8, 4) is 0 Å². The van der Waals surface area contributed by atoms with E-state index in [1.807, 2.05) is 6.92 Å². The number of carbonyl (C=O) groups is 1. The number of ketones is 1. The summed E-state index contributed by atoms with van der Waals surface area (Å²) in [6.07, 6.45) is 6.13. The van der Waals surface area contributed by atoms with Crippen LogP contribution in [0.5, 0.6) is 0 Å². The molecule has 1 nitrogen and oxygen atoms in total. The SMILES string of the molecule is C=C(C)CC(/C=C(\CC)C(C)=O)(CC)CC. The second-order valence-electron chi connectivity index (χ2n) is 4.78. The highest BCUT2D eigenvalue weighted by Gasteiger charge is 2.24. The number of hydrogen-bond acceptors (Lipinski definition) is 1. The maximum atomic E-state index is 11.5. The van der Waals surface area contributed by atoms with Crippen LogP contribution in [0.25, 0.3) is 0 Å². The molecule has 92 valence electrons. The van der Waals surface area contributed by atoms with Crippen molar-refractivity contribution in [2.75, 3.05) is 0 Å². The number of hydrogen-bond donors (Lipinski definition) is 0. The highest BCUT2D eigenvalue weighted by Crippen LogP contribution is 2.36. The molecule has 16 heavy (non-hydrogen) atoms. The molecule has 0 aromatic carbocycles. The van der Waals surface area contributed by atoms with Crippen LogP contribution in [0.4, 0.5) is 0 Å². The summed E-state index contributed by atoms with van der Waals surface area (Å²) in [6.45, 7) is 14.1. The van der Waals surface area contributed by atoms with E-state index < -0.39 is 0 Å². The van der Waals surface area contributed by atoms with Crippen molar-refractivity contribution < 1.29 is 4.79 Å². The minimum atomic E-state index is 0.128. The molecule has 0 bridgehead atoms. The van der Waals surface area contributed by atoms with Crippen molar-refractivity contribution in [1.29, 1.82) is 0 Å². The average Bonchev–Trinajstić information content (AvgIpc) is 2.23. The van der Waals surface area contributed by atoms with E-state index in [-0.39, 0.29) is 11.2 Å². The second kappa shape index (κ2) is 6.67. The predicted octanol–water partition coefficient (Wildman–Crippen LogP) is 4.68. The topological polar surface area (TPSA) is 17.1 Å². The summed E-state index contributed by atoms with van der Waals surface area (Å²) in [6, 6.07) is 0. The molecule has 0 aromatic heterocycles. The molecule has 0 atom stereocenters. The van der Waals surface area contributed by atoms with E-state index in [0.717, 1.165) is 31.3 Å². The minimum absolute atomic E-state index is 0.128. The van der Waals surface area contributed by atoms with Crippen LogP contribution in [0, 0.1) is 5.41 Å². The van der Waals surface area contributed by atoms with Gasteiger partial charge in [-0.15, -0.1) is 6.58 Å². The van der Waals surface area contributed by atoms with E-state index >= 15 is 0 Å². The summed E-state index contributed by atoms with van der Waals surface area (Å²) in [5, 5.41) is 0. The highest BCUT2D eigenvalue weighted by molar-refractivity contribution is 5.93. The Bertz CT molecular complexity index is 280. The first-order valence-electron chi connectivity index (χ1n) is 6.27. The van der Waals surface area contributed by atoms with E-state index in [1.165, 1.54) is 5.57 Å². The lowest BCUT2D eigenvalue weighted by atomic mass is 9.75. The van der Waals surface area contributed by atoms with Gasteiger partial charge < -0.3 is 0 Å². The summed E-state index contributed by atoms with van der Waals surface area (Å²) in [4.78, 5) is 11.5. The fourth-order valence-electron chi connectivity index (χ4n) is 2.18. The Balaban J connectivity index is 5.17. The van der Waals surface area contributed by atoms with E-state index in [4.69, 9.17) is 0 Å². The molecule has 0 radical (unpaired) electrons. The molecule has 0 aliphatic heterocycles. The van der Waals surface area contributed by atoms with Crippen LogP contribution in [-0.2, 0) is 4.79 Å². The van der Waals surface area contributed by atoms with Gasteiger partial charge in [-0.25, -0.2) is 0 Å². The summed E-state index contributed by atoms with van der Waals surface area (Å²) in [5.41, 5.74) is 2.28. The Hall–Kier alpha value is -0.850.